The van der Waals surface area contributed by atoms with Gasteiger partial charge in [0, 0.05) is 12.8 Å². The summed E-state index contributed by atoms with van der Waals surface area (Å²) in [5, 5.41) is 23.2. The molecule has 0 aliphatic rings. The molecule has 70 heavy (non-hydrogen) atoms. The number of carbonyl (C=O) groups excluding carboxylic acids is 2. The second kappa shape index (κ2) is 59.6. The summed E-state index contributed by atoms with van der Waals surface area (Å²) in [7, 11) is 0. The zero-order chi connectivity index (χ0) is 50.7. The fourth-order valence-electron chi connectivity index (χ4n) is 9.61. The van der Waals surface area contributed by atoms with Crippen LogP contribution in [0.5, 0.6) is 0 Å². The number of ether oxygens (including phenoxy) is 1. The number of aliphatic hydroxyl groups excluding tert-OH is 2. The van der Waals surface area contributed by atoms with Gasteiger partial charge in [0.05, 0.1) is 25.4 Å². The third-order valence-electron chi connectivity index (χ3n) is 14.4. The van der Waals surface area contributed by atoms with Crippen LogP contribution in [0.4, 0.5) is 0 Å². The van der Waals surface area contributed by atoms with E-state index >= 15 is 0 Å². The summed E-state index contributed by atoms with van der Waals surface area (Å²) in [6.07, 6.45) is 74.6. The summed E-state index contributed by atoms with van der Waals surface area (Å²) >= 11 is 0. The van der Waals surface area contributed by atoms with Crippen molar-refractivity contribution in [2.75, 3.05) is 13.2 Å². The zero-order valence-electron chi connectivity index (χ0n) is 47.0. The molecule has 0 saturated carbocycles. The number of hydrogen-bond donors (Lipinski definition) is 3. The quantitative estimate of drug-likeness (QED) is 0.0321. The molecular formula is C64H121NO5. The molecule has 0 aliphatic heterocycles. The van der Waals surface area contributed by atoms with Crippen LogP contribution in [-0.2, 0) is 14.3 Å². The zero-order valence-corrected chi connectivity index (χ0v) is 47.0. The van der Waals surface area contributed by atoms with Crippen LogP contribution < -0.4 is 5.32 Å². The van der Waals surface area contributed by atoms with Gasteiger partial charge in [-0.2, -0.15) is 0 Å². The topological polar surface area (TPSA) is 95.9 Å². The Bertz CT molecular complexity index is 1130. The van der Waals surface area contributed by atoms with Crippen LogP contribution >= 0.6 is 0 Å². The molecule has 3 N–H and O–H groups in total. The molecule has 0 aliphatic carbocycles. The molecule has 0 rings (SSSR count). The number of unbranched alkanes of at least 4 members (excludes halogenated alkanes) is 43. The van der Waals surface area contributed by atoms with E-state index < -0.39 is 12.1 Å². The standard InChI is InChI=1S/C64H121NO5/c1-3-5-7-9-11-13-15-17-19-25-28-32-36-40-44-48-52-56-62(67)61(60-66)65-63(68)57-53-49-45-41-37-33-29-26-23-21-22-24-27-31-35-39-43-47-51-55-59-70-64(69)58-54-50-46-42-38-34-30-20-18-16-14-12-10-8-6-4-2/h14,16,20,30,52,56,61-62,66-67H,3-13,15,17-19,21-29,31-51,53-55,57-60H2,1-2H3,(H,65,68)/b16-14-,30-20-,56-52+. The highest BCUT2D eigenvalue weighted by Crippen LogP contribution is 2.17. The highest BCUT2D eigenvalue weighted by molar-refractivity contribution is 5.76. The predicted molar refractivity (Wildman–Crippen MR) is 306 cm³/mol. The molecule has 0 bridgehead atoms. The fourth-order valence-corrected chi connectivity index (χ4v) is 9.61. The van der Waals surface area contributed by atoms with Crippen molar-refractivity contribution in [3.63, 3.8) is 0 Å². The average Bonchev–Trinajstić information content (AvgIpc) is 3.36. The van der Waals surface area contributed by atoms with Crippen molar-refractivity contribution in [1.29, 1.82) is 0 Å². The van der Waals surface area contributed by atoms with Gasteiger partial charge >= 0.3 is 5.97 Å². The Kier molecular flexibility index (Phi) is 58.0. The van der Waals surface area contributed by atoms with Gasteiger partial charge in [-0.1, -0.05) is 294 Å². The fraction of sp³-hybridized carbons (Fsp3) is 0.875. The lowest BCUT2D eigenvalue weighted by atomic mass is 10.0. The number of aliphatic hydroxyl groups is 2. The van der Waals surface area contributed by atoms with E-state index in [1.54, 1.807) is 6.08 Å². The maximum atomic E-state index is 12.5. The first-order valence-electron chi connectivity index (χ1n) is 31.3. The number of hydrogen-bond acceptors (Lipinski definition) is 5. The number of esters is 1. The Morgan fingerprint density at radius 1 is 0.400 bits per heavy atom. The summed E-state index contributed by atoms with van der Waals surface area (Å²) in [6.45, 7) is 4.89. The van der Waals surface area contributed by atoms with E-state index in [-0.39, 0.29) is 18.5 Å². The number of allylic oxidation sites excluding steroid dienone is 5. The van der Waals surface area contributed by atoms with Gasteiger partial charge in [-0.05, 0) is 64.2 Å². The highest BCUT2D eigenvalue weighted by atomic mass is 16.5. The lowest BCUT2D eigenvalue weighted by Gasteiger charge is -2.20. The Morgan fingerprint density at radius 2 is 0.714 bits per heavy atom. The van der Waals surface area contributed by atoms with Crippen LogP contribution in [0, 0.1) is 0 Å². The molecule has 2 unspecified atom stereocenters. The SMILES string of the molecule is CCCCCC/C=C\C/C=C\CCCCCCCC(=O)OCCCCCCCCCCCCCCCCCCCCCCC(=O)NC(CO)C(O)/C=C/CCCCCCCCCCCCCCCCC. The van der Waals surface area contributed by atoms with Crippen molar-refractivity contribution in [1.82, 2.24) is 5.32 Å². The molecule has 412 valence electrons. The van der Waals surface area contributed by atoms with Gasteiger partial charge in [0.25, 0.3) is 0 Å². The third kappa shape index (κ3) is 55.4. The summed E-state index contributed by atoms with van der Waals surface area (Å²) in [5.41, 5.74) is 0. The first-order chi connectivity index (χ1) is 34.5. The molecule has 0 spiro atoms. The average molecular weight is 985 g/mol. The van der Waals surface area contributed by atoms with Gasteiger partial charge in [-0.25, -0.2) is 0 Å². The smallest absolute Gasteiger partial charge is 0.305 e. The van der Waals surface area contributed by atoms with E-state index in [0.717, 1.165) is 51.4 Å². The molecule has 0 aromatic heterocycles. The van der Waals surface area contributed by atoms with Gasteiger partial charge in [-0.3, -0.25) is 9.59 Å². The van der Waals surface area contributed by atoms with Gasteiger partial charge in [-0.15, -0.1) is 0 Å². The van der Waals surface area contributed by atoms with E-state index in [1.165, 1.54) is 257 Å². The van der Waals surface area contributed by atoms with Gasteiger partial charge in [0.15, 0.2) is 0 Å². The number of carbonyl (C=O) groups is 2. The minimum atomic E-state index is -0.846. The molecule has 0 saturated heterocycles. The van der Waals surface area contributed by atoms with Gasteiger partial charge < -0.3 is 20.3 Å². The Morgan fingerprint density at radius 3 is 1.10 bits per heavy atom. The van der Waals surface area contributed by atoms with Crippen molar-refractivity contribution in [2.24, 2.45) is 0 Å². The van der Waals surface area contributed by atoms with Crippen molar-refractivity contribution < 1.29 is 24.5 Å². The second-order valence-electron chi connectivity index (χ2n) is 21.4. The van der Waals surface area contributed by atoms with Crippen LogP contribution in [0.25, 0.3) is 0 Å². The first kappa shape index (κ1) is 68.1. The maximum absolute atomic E-state index is 12.5. The predicted octanol–water partition coefficient (Wildman–Crippen LogP) is 19.6. The molecule has 2 atom stereocenters. The van der Waals surface area contributed by atoms with Crippen LogP contribution in [-0.4, -0.2) is 47.4 Å². The van der Waals surface area contributed by atoms with Crippen molar-refractivity contribution in [3.05, 3.63) is 36.5 Å². The van der Waals surface area contributed by atoms with E-state index in [4.69, 9.17) is 4.74 Å². The monoisotopic (exact) mass is 984 g/mol. The lowest BCUT2D eigenvalue weighted by molar-refractivity contribution is -0.143. The summed E-state index contributed by atoms with van der Waals surface area (Å²) < 4.78 is 5.48. The van der Waals surface area contributed by atoms with Crippen LogP contribution in [0.2, 0.25) is 0 Å². The second-order valence-corrected chi connectivity index (χ2v) is 21.4. The highest BCUT2D eigenvalue weighted by Gasteiger charge is 2.18. The Hall–Kier alpha value is -1.92. The molecule has 0 radical (unpaired) electrons. The van der Waals surface area contributed by atoms with Crippen molar-refractivity contribution in [3.8, 4) is 0 Å². The van der Waals surface area contributed by atoms with E-state index in [1.807, 2.05) is 6.08 Å². The first-order valence-corrected chi connectivity index (χ1v) is 31.3. The Balaban J connectivity index is 3.42. The normalized spacial score (nSPS) is 12.8. The third-order valence-corrected chi connectivity index (χ3v) is 14.4. The van der Waals surface area contributed by atoms with Crippen molar-refractivity contribution in [2.45, 2.75) is 347 Å². The molecular weight excluding hydrogens is 863 g/mol. The molecule has 0 fully saturated rings. The number of rotatable bonds is 58. The molecule has 1 amide bonds. The summed E-state index contributed by atoms with van der Waals surface area (Å²) in [4.78, 5) is 24.5. The molecule has 0 aromatic rings. The van der Waals surface area contributed by atoms with Crippen LogP contribution in [0.15, 0.2) is 36.5 Å². The van der Waals surface area contributed by atoms with E-state index in [0.29, 0.717) is 19.4 Å². The van der Waals surface area contributed by atoms with Crippen molar-refractivity contribution >= 4 is 11.9 Å². The van der Waals surface area contributed by atoms with Gasteiger partial charge in [0.1, 0.15) is 0 Å². The van der Waals surface area contributed by atoms with E-state index in [9.17, 15) is 19.8 Å². The maximum Gasteiger partial charge on any atom is 0.305 e. The lowest BCUT2D eigenvalue weighted by Crippen LogP contribution is -2.45. The molecule has 0 aromatic carbocycles. The minimum absolute atomic E-state index is 0.00339. The van der Waals surface area contributed by atoms with E-state index in [2.05, 4.69) is 43.5 Å². The molecule has 6 heteroatoms. The minimum Gasteiger partial charge on any atom is -0.466 e. The van der Waals surface area contributed by atoms with Gasteiger partial charge in [0.2, 0.25) is 5.91 Å². The van der Waals surface area contributed by atoms with Crippen LogP contribution in [0.3, 0.4) is 0 Å². The molecule has 0 heterocycles. The summed E-state index contributed by atoms with van der Waals surface area (Å²) in [6, 6.07) is -0.630. The number of nitrogens with one attached hydrogen (secondary N) is 1. The number of amides is 1. The largest absolute Gasteiger partial charge is 0.466 e. The Labute approximate surface area is 436 Å². The molecule has 6 nitrogen and oxygen atoms in total. The van der Waals surface area contributed by atoms with Crippen LogP contribution in [0.1, 0.15) is 335 Å². The summed E-state index contributed by atoms with van der Waals surface area (Å²) in [5.74, 6) is -0.0717.